The molecule has 0 aromatic rings. The molecule has 1 aliphatic heterocycles. The predicted molar refractivity (Wildman–Crippen MR) is 50.5 cm³/mol. The van der Waals surface area contributed by atoms with Gasteiger partial charge in [0, 0.05) is 0 Å². The van der Waals surface area contributed by atoms with Crippen molar-refractivity contribution in [3.63, 3.8) is 0 Å². The zero-order valence-corrected chi connectivity index (χ0v) is 13.6. The molecule has 1 nitrogen and oxygen atoms in total. The van der Waals surface area contributed by atoms with Gasteiger partial charge in [-0.05, 0) is 6.92 Å². The van der Waals surface area contributed by atoms with Gasteiger partial charge in [0.15, 0.2) is 0 Å². The van der Waals surface area contributed by atoms with Crippen LogP contribution in [0.3, 0.4) is 0 Å². The Balaban J connectivity index is 0. The van der Waals surface area contributed by atoms with Gasteiger partial charge in [0.05, 0.1) is 12.7 Å². The van der Waals surface area contributed by atoms with Crippen LogP contribution < -0.4 is 0 Å². The molecule has 0 spiro atoms. The maximum atomic E-state index is 4.97. The molecule has 0 aromatic carbocycles. The molecule has 1 fully saturated rings. The maximum absolute atomic E-state index is 4.97. The molecule has 0 aliphatic carbocycles. The Bertz CT molecular complexity index is 77.4. The van der Waals surface area contributed by atoms with Crippen molar-refractivity contribution in [2.45, 2.75) is 13.0 Å². The van der Waals surface area contributed by atoms with Gasteiger partial charge < -0.3 is 4.74 Å². The summed E-state index contributed by atoms with van der Waals surface area (Å²) < 4.78 is 4.71. The first-order valence-corrected chi connectivity index (χ1v) is 15.5. The van der Waals surface area contributed by atoms with Gasteiger partial charge in [-0.15, -0.1) is 0 Å². The molecule has 0 N–H and O–H groups in total. The Morgan fingerprint density at radius 2 is 1.08 bits per heavy atom. The summed E-state index contributed by atoms with van der Waals surface area (Å²) in [7, 11) is 29.8. The molecule has 0 amide bonds. The Hall–Kier alpha value is 3.13. The first kappa shape index (κ1) is 17.5. The second-order valence-electron chi connectivity index (χ2n) is 1.57. The van der Waals surface area contributed by atoms with Crippen LogP contribution in [0, 0.1) is 0 Å². The molecule has 74 valence electrons. The van der Waals surface area contributed by atoms with Crippen molar-refractivity contribution in [2.24, 2.45) is 0 Å². The molecular weight excluding hydrogens is 360 g/mol. The van der Waals surface area contributed by atoms with Gasteiger partial charge in [-0.2, -0.15) is 0 Å². The summed E-state index contributed by atoms with van der Waals surface area (Å²) in [6, 6.07) is 0. The topological polar surface area (TPSA) is 12.5 Å². The van der Waals surface area contributed by atoms with Crippen molar-refractivity contribution in [3.8, 4) is 0 Å². The fourth-order valence-corrected chi connectivity index (χ4v) is 0.0962. The summed E-state index contributed by atoms with van der Waals surface area (Å²) in [4.78, 5) is 0. The van der Waals surface area contributed by atoms with E-state index in [1.165, 1.54) is 0 Å². The average molecular weight is 367 g/mol. The average Bonchev–Trinajstić information content (AvgIpc) is 2.46. The van der Waals surface area contributed by atoms with Crippen molar-refractivity contribution < 1.29 is 34.1 Å². The zero-order chi connectivity index (χ0) is 10.1. The molecule has 1 rings (SSSR count). The molecular formula is C3H6Cl6OTi2. The van der Waals surface area contributed by atoms with Crippen LogP contribution in [-0.2, 0) is 34.1 Å². The van der Waals surface area contributed by atoms with E-state index in [1.807, 2.05) is 0 Å². The van der Waals surface area contributed by atoms with Gasteiger partial charge in [-0.1, -0.05) is 0 Å². The molecule has 12 heavy (non-hydrogen) atoms. The number of hydrogen-bond acceptors (Lipinski definition) is 1. The molecule has 1 heterocycles. The van der Waals surface area contributed by atoms with Gasteiger partial charge in [0.25, 0.3) is 0 Å². The molecule has 0 aromatic heterocycles. The zero-order valence-electron chi connectivity index (χ0n) is 5.96. The minimum absolute atomic E-state index is 0.583. The third kappa shape index (κ3) is 51.4. The van der Waals surface area contributed by atoms with Gasteiger partial charge in [0.2, 0.25) is 0 Å². The van der Waals surface area contributed by atoms with E-state index >= 15 is 0 Å². The minimum atomic E-state index is -1.92. The van der Waals surface area contributed by atoms with Crippen molar-refractivity contribution in [2.75, 3.05) is 6.61 Å². The van der Waals surface area contributed by atoms with Crippen LogP contribution in [0.1, 0.15) is 6.92 Å². The van der Waals surface area contributed by atoms with E-state index in [9.17, 15) is 0 Å². The fourth-order valence-electron chi connectivity index (χ4n) is 0.0962. The Labute approximate surface area is 108 Å². The summed E-state index contributed by atoms with van der Waals surface area (Å²) in [5.74, 6) is 0. The van der Waals surface area contributed by atoms with Crippen molar-refractivity contribution in [1.82, 2.24) is 0 Å². The molecule has 0 radical (unpaired) electrons. The molecule has 1 aliphatic rings. The predicted octanol–water partition coefficient (Wildman–Crippen LogP) is 4.54. The summed E-state index contributed by atoms with van der Waals surface area (Å²) in [5, 5.41) is 0. The Kier molecular flexibility index (Phi) is 17.8. The van der Waals surface area contributed by atoms with Crippen LogP contribution >= 0.6 is 55.8 Å². The first-order chi connectivity index (χ1) is 5.36. The molecule has 0 saturated carbocycles. The standard InChI is InChI=1S/C3H6O.6ClH.2Ti/c1-3-2-4-3;;;;;;;;/h3H,2H2,1H3;6*1H;;/q;;;;;;;2*+3/p-6. The monoisotopic (exact) mass is 364 g/mol. The van der Waals surface area contributed by atoms with Crippen LogP contribution in [0.25, 0.3) is 0 Å². The molecule has 1 unspecified atom stereocenters. The summed E-state index contributed by atoms with van der Waals surface area (Å²) >= 11 is -3.83. The van der Waals surface area contributed by atoms with E-state index in [1.54, 1.807) is 0 Å². The second-order valence-corrected chi connectivity index (χ2v) is 17.0. The van der Waals surface area contributed by atoms with E-state index in [4.69, 9.17) is 60.6 Å². The SMILES string of the molecule is CC1CO1.[Cl][Ti]([Cl])[Cl].[Cl][Ti]([Cl])[Cl]. The van der Waals surface area contributed by atoms with E-state index in [0.717, 1.165) is 6.61 Å². The number of hydrogen-bond donors (Lipinski definition) is 0. The summed E-state index contributed by atoms with van der Waals surface area (Å²) in [6.45, 7) is 3.04. The number of ether oxygens (including phenoxy) is 1. The van der Waals surface area contributed by atoms with Crippen LogP contribution in [0.4, 0.5) is 0 Å². The van der Waals surface area contributed by atoms with Crippen LogP contribution in [0.15, 0.2) is 0 Å². The third-order valence-corrected chi connectivity index (χ3v) is 0.500. The Morgan fingerprint density at radius 3 is 1.08 bits per heavy atom. The summed E-state index contributed by atoms with van der Waals surface area (Å²) in [5.41, 5.74) is 0. The van der Waals surface area contributed by atoms with Gasteiger partial charge >= 0.3 is 85.2 Å². The van der Waals surface area contributed by atoms with Gasteiger partial charge in [-0.25, -0.2) is 0 Å². The van der Waals surface area contributed by atoms with Crippen LogP contribution in [0.5, 0.6) is 0 Å². The van der Waals surface area contributed by atoms with Gasteiger partial charge in [0.1, 0.15) is 0 Å². The molecule has 9 heteroatoms. The normalized spacial score (nSPS) is 17.8. The summed E-state index contributed by atoms with van der Waals surface area (Å²) in [6.07, 6.45) is 0.583. The number of rotatable bonds is 0. The first-order valence-electron chi connectivity index (χ1n) is 2.64. The third-order valence-electron chi connectivity index (χ3n) is 0.500. The Morgan fingerprint density at radius 1 is 1.00 bits per heavy atom. The van der Waals surface area contributed by atoms with E-state index in [-0.39, 0.29) is 0 Å². The number of epoxide rings is 1. The van der Waals surface area contributed by atoms with Crippen molar-refractivity contribution >= 4 is 55.8 Å². The van der Waals surface area contributed by atoms with E-state index < -0.39 is 29.4 Å². The molecule has 1 saturated heterocycles. The second kappa shape index (κ2) is 12.2. The quantitative estimate of drug-likeness (QED) is 0.453. The fraction of sp³-hybridized carbons (Fsp3) is 1.00. The van der Waals surface area contributed by atoms with Crippen LogP contribution in [-0.4, -0.2) is 12.7 Å². The number of halogens is 6. The van der Waals surface area contributed by atoms with E-state index in [0.29, 0.717) is 6.10 Å². The van der Waals surface area contributed by atoms with Gasteiger partial charge in [-0.3, -0.25) is 0 Å². The molecule has 0 bridgehead atoms. The molecule has 1 atom stereocenters. The van der Waals surface area contributed by atoms with Crippen molar-refractivity contribution in [1.29, 1.82) is 0 Å². The van der Waals surface area contributed by atoms with Crippen molar-refractivity contribution in [3.05, 3.63) is 0 Å². The van der Waals surface area contributed by atoms with E-state index in [2.05, 4.69) is 6.92 Å². The van der Waals surface area contributed by atoms with Crippen LogP contribution in [0.2, 0.25) is 0 Å².